The van der Waals surface area contributed by atoms with Gasteiger partial charge in [0, 0.05) is 0 Å². The molecule has 13 heavy (non-hydrogen) atoms. The van der Waals surface area contributed by atoms with Crippen LogP contribution >= 0.6 is 23.7 Å². The molecule has 0 unspecified atom stereocenters. The third-order valence-corrected chi connectivity index (χ3v) is 3.04. The van der Waals surface area contributed by atoms with Crippen LogP contribution in [-0.4, -0.2) is 11.2 Å². The predicted molar refractivity (Wildman–Crippen MR) is 66.9 cm³/mol. The maximum atomic E-state index is 4.73. The molecule has 0 aromatic rings. The van der Waals surface area contributed by atoms with Crippen molar-refractivity contribution >= 4 is 29.1 Å². The average molecular weight is 212 g/mol. The standard InChI is InChI=1S/C10H17BS2/c1-3-7-10(4-2)8-5-6-9-13-11-12/h10H,4-6,8-9H2,1-2H3/t10-/m0/s1. The molecular formula is C10H17BS2. The topological polar surface area (TPSA) is 0 Å². The van der Waals surface area contributed by atoms with Crippen molar-refractivity contribution in [1.82, 2.24) is 0 Å². The minimum absolute atomic E-state index is 0.613. The molecular weight excluding hydrogens is 195 g/mol. The van der Waals surface area contributed by atoms with E-state index in [4.69, 9.17) is 12.1 Å². The molecule has 0 amide bonds. The Morgan fingerprint density at radius 1 is 1.46 bits per heavy atom. The van der Waals surface area contributed by atoms with E-state index in [1.54, 1.807) is 17.0 Å². The number of rotatable bonds is 7. The quantitative estimate of drug-likeness (QED) is 0.358. The molecule has 0 saturated carbocycles. The van der Waals surface area contributed by atoms with Crippen LogP contribution in [0.25, 0.3) is 0 Å². The van der Waals surface area contributed by atoms with Gasteiger partial charge >= 0.3 is 92.1 Å². The van der Waals surface area contributed by atoms with Crippen LogP contribution in [0.3, 0.4) is 0 Å². The van der Waals surface area contributed by atoms with E-state index in [1.807, 2.05) is 6.92 Å². The first-order chi connectivity index (χ1) is 6.35. The van der Waals surface area contributed by atoms with E-state index in [9.17, 15) is 0 Å². The molecule has 3 heteroatoms. The summed E-state index contributed by atoms with van der Waals surface area (Å²) in [6, 6.07) is 0. The van der Waals surface area contributed by atoms with E-state index in [1.165, 1.54) is 31.4 Å². The van der Waals surface area contributed by atoms with Crippen LogP contribution in [0, 0.1) is 17.8 Å². The Kier molecular flexibility index (Phi) is 10.4. The van der Waals surface area contributed by atoms with Crippen LogP contribution in [-0.2, 0) is 0 Å². The van der Waals surface area contributed by atoms with Crippen LogP contribution in [0.2, 0.25) is 0 Å². The molecule has 0 aromatic carbocycles. The number of unbranched alkanes of at least 4 members (excludes halogenated alkanes) is 1. The van der Waals surface area contributed by atoms with Crippen molar-refractivity contribution in [1.29, 1.82) is 0 Å². The normalized spacial score (nSPS) is 11.2. The van der Waals surface area contributed by atoms with Crippen molar-refractivity contribution < 1.29 is 0 Å². The van der Waals surface area contributed by atoms with Gasteiger partial charge in [0.05, 0.1) is 0 Å². The van der Waals surface area contributed by atoms with Crippen LogP contribution in [0.4, 0.5) is 0 Å². The predicted octanol–water partition coefficient (Wildman–Crippen LogP) is 3.67. The molecule has 0 aliphatic rings. The first kappa shape index (κ1) is 13.2. The average Bonchev–Trinajstić information content (AvgIpc) is 2.16. The van der Waals surface area contributed by atoms with Gasteiger partial charge in [0.1, 0.15) is 0 Å². The van der Waals surface area contributed by atoms with E-state index in [-0.39, 0.29) is 0 Å². The zero-order valence-corrected chi connectivity index (χ0v) is 10.1. The molecule has 72 valence electrons. The van der Waals surface area contributed by atoms with E-state index in [0.29, 0.717) is 5.92 Å². The Hall–Kier alpha value is 0.195. The second kappa shape index (κ2) is 10.3. The SMILES string of the molecule is CC#C[C@H](CC)CCCCSB=S. The van der Waals surface area contributed by atoms with Crippen molar-refractivity contribution in [2.24, 2.45) is 5.92 Å². The molecule has 0 bridgehead atoms. The Bertz CT molecular complexity index is 181. The first-order valence-electron chi connectivity index (χ1n) is 4.82. The van der Waals surface area contributed by atoms with Crippen LogP contribution in [0.5, 0.6) is 0 Å². The zero-order chi connectivity index (χ0) is 9.94. The summed E-state index contributed by atoms with van der Waals surface area (Å²) in [6.07, 6.45) is 4.97. The molecule has 0 heterocycles. The summed E-state index contributed by atoms with van der Waals surface area (Å²) in [5.74, 6) is 8.01. The van der Waals surface area contributed by atoms with E-state index in [0.717, 1.165) is 0 Å². The van der Waals surface area contributed by atoms with Crippen molar-refractivity contribution in [2.45, 2.75) is 39.5 Å². The van der Waals surface area contributed by atoms with Crippen molar-refractivity contribution in [3.05, 3.63) is 0 Å². The first-order valence-corrected chi connectivity index (χ1v) is 6.34. The van der Waals surface area contributed by atoms with E-state index < -0.39 is 0 Å². The number of hydrogen-bond donors (Lipinski definition) is 0. The summed E-state index contributed by atoms with van der Waals surface area (Å²) >= 11 is 6.47. The Morgan fingerprint density at radius 3 is 2.77 bits per heavy atom. The van der Waals surface area contributed by atoms with Crippen LogP contribution in [0.1, 0.15) is 39.5 Å². The van der Waals surface area contributed by atoms with Crippen LogP contribution < -0.4 is 0 Å². The maximum absolute atomic E-state index is 4.73. The third-order valence-electron chi connectivity index (χ3n) is 1.97. The summed E-state index contributed by atoms with van der Waals surface area (Å²) in [6.45, 7) is 4.13. The Labute approximate surface area is 92.3 Å². The molecule has 0 saturated heterocycles. The monoisotopic (exact) mass is 212 g/mol. The van der Waals surface area contributed by atoms with Gasteiger partial charge < -0.3 is 0 Å². The van der Waals surface area contributed by atoms with Crippen molar-refractivity contribution in [3.63, 3.8) is 0 Å². The Morgan fingerprint density at radius 2 is 2.23 bits per heavy atom. The fraction of sp³-hybridized carbons (Fsp3) is 0.800. The van der Waals surface area contributed by atoms with Gasteiger partial charge in [-0.15, -0.1) is 0 Å². The Balaban J connectivity index is 3.36. The van der Waals surface area contributed by atoms with E-state index in [2.05, 4.69) is 18.8 Å². The van der Waals surface area contributed by atoms with Gasteiger partial charge in [-0.1, -0.05) is 0 Å². The van der Waals surface area contributed by atoms with Crippen LogP contribution in [0.15, 0.2) is 0 Å². The minimum atomic E-state index is 0.613. The van der Waals surface area contributed by atoms with Gasteiger partial charge in [-0.05, 0) is 0 Å². The molecule has 0 radical (unpaired) electrons. The fourth-order valence-corrected chi connectivity index (χ4v) is 1.96. The molecule has 0 aromatic heterocycles. The third kappa shape index (κ3) is 8.52. The van der Waals surface area contributed by atoms with Gasteiger partial charge in [0.15, 0.2) is 0 Å². The number of hydrogen-bond acceptors (Lipinski definition) is 2. The van der Waals surface area contributed by atoms with E-state index >= 15 is 0 Å². The summed E-state index contributed by atoms with van der Waals surface area (Å²) in [5, 5.41) is 0. The molecule has 1 atom stereocenters. The molecule has 0 aliphatic carbocycles. The second-order valence-electron chi connectivity index (χ2n) is 2.96. The van der Waals surface area contributed by atoms with Crippen molar-refractivity contribution in [2.75, 3.05) is 5.75 Å². The molecule has 0 spiro atoms. The van der Waals surface area contributed by atoms with Gasteiger partial charge in [0.2, 0.25) is 0 Å². The molecule has 0 aliphatic heterocycles. The summed E-state index contributed by atoms with van der Waals surface area (Å²) in [5.41, 5.74) is 1.75. The van der Waals surface area contributed by atoms with Gasteiger partial charge in [-0.2, -0.15) is 0 Å². The molecule has 0 N–H and O–H groups in total. The van der Waals surface area contributed by atoms with Crippen molar-refractivity contribution in [3.8, 4) is 11.8 Å². The molecule has 0 nitrogen and oxygen atoms in total. The second-order valence-corrected chi connectivity index (χ2v) is 4.47. The summed E-state index contributed by atoms with van der Waals surface area (Å²) < 4.78 is 0. The van der Waals surface area contributed by atoms with Gasteiger partial charge in [-0.3, -0.25) is 0 Å². The fourth-order valence-electron chi connectivity index (χ4n) is 1.21. The summed E-state index contributed by atoms with van der Waals surface area (Å²) in [4.78, 5) is 0. The zero-order valence-electron chi connectivity index (χ0n) is 8.51. The van der Waals surface area contributed by atoms with Gasteiger partial charge in [0.25, 0.3) is 0 Å². The summed E-state index contributed by atoms with van der Waals surface area (Å²) in [7, 11) is 0. The van der Waals surface area contributed by atoms with Gasteiger partial charge in [-0.25, -0.2) is 0 Å². The molecule has 0 rings (SSSR count). The molecule has 0 fully saturated rings.